The summed E-state index contributed by atoms with van der Waals surface area (Å²) in [5, 5.41) is 0. The van der Waals surface area contributed by atoms with Crippen molar-refractivity contribution in [2.75, 3.05) is 6.61 Å². The third kappa shape index (κ3) is 4.32. The molecule has 128 valence electrons. The fourth-order valence-corrected chi connectivity index (χ4v) is 4.20. The minimum absolute atomic E-state index is 0.173. The Kier molecular flexibility index (Phi) is 5.62. The number of carbonyl (C=O) groups excluding carboxylic acids is 1. The lowest BCUT2D eigenvalue weighted by Crippen LogP contribution is -2.04. The summed E-state index contributed by atoms with van der Waals surface area (Å²) >= 11 is 4.41. The Morgan fingerprint density at radius 1 is 1.36 bits per heavy atom. The number of carbonyl (C=O) groups is 1. The summed E-state index contributed by atoms with van der Waals surface area (Å²) in [5.74, 6) is 0.899. The zero-order valence-corrected chi connectivity index (χ0v) is 17.5. The number of aliphatic imine (C=N–C) groups is 1. The molecular weight excluding hydrogens is 548 g/mol. The molecule has 1 aliphatic rings. The van der Waals surface area contributed by atoms with Crippen molar-refractivity contribution in [2.45, 2.75) is 6.92 Å². The van der Waals surface area contributed by atoms with Gasteiger partial charge < -0.3 is 13.9 Å². The van der Waals surface area contributed by atoms with Crippen molar-refractivity contribution in [1.82, 2.24) is 0 Å². The van der Waals surface area contributed by atoms with E-state index in [1.165, 1.54) is 6.26 Å². The smallest absolute Gasteiger partial charge is 0.363 e. The second-order valence-corrected chi connectivity index (χ2v) is 7.70. The molecule has 2 heterocycles. The third-order valence-electron chi connectivity index (χ3n) is 3.14. The van der Waals surface area contributed by atoms with Gasteiger partial charge in [-0.05, 0) is 93.6 Å². The molecule has 5 nitrogen and oxygen atoms in total. The van der Waals surface area contributed by atoms with E-state index in [4.69, 9.17) is 13.9 Å². The highest BCUT2D eigenvalue weighted by Gasteiger charge is 2.26. The van der Waals surface area contributed by atoms with E-state index in [0.717, 1.165) is 24.0 Å². The van der Waals surface area contributed by atoms with Crippen molar-refractivity contribution in [1.29, 1.82) is 0 Å². The van der Waals surface area contributed by atoms with Gasteiger partial charge >= 0.3 is 5.97 Å². The lowest BCUT2D eigenvalue weighted by molar-refractivity contribution is -0.130. The minimum Gasteiger partial charge on any atom is -0.487 e. The highest BCUT2D eigenvalue weighted by atomic mass is 127. The normalized spacial score (nSPS) is 15.2. The molecule has 3 rings (SSSR count). The van der Waals surface area contributed by atoms with Gasteiger partial charge in [0.25, 0.3) is 5.90 Å². The number of esters is 1. The van der Waals surface area contributed by atoms with Crippen LogP contribution in [0, 0.1) is 7.14 Å². The quantitative estimate of drug-likeness (QED) is 0.228. The Morgan fingerprint density at radius 3 is 2.68 bits per heavy atom. The van der Waals surface area contributed by atoms with Crippen LogP contribution < -0.4 is 4.74 Å². The fourth-order valence-electron chi connectivity index (χ4n) is 2.07. The monoisotopic (exact) mass is 561 g/mol. The van der Waals surface area contributed by atoms with Crippen molar-refractivity contribution >= 4 is 63.1 Å². The Morgan fingerprint density at radius 2 is 2.08 bits per heavy atom. The Balaban J connectivity index is 1.88. The van der Waals surface area contributed by atoms with Gasteiger partial charge in [0.2, 0.25) is 0 Å². The minimum atomic E-state index is -0.501. The molecule has 1 aliphatic heterocycles. The Bertz CT molecular complexity index is 875. The van der Waals surface area contributed by atoms with Gasteiger partial charge in [0, 0.05) is 0 Å². The van der Waals surface area contributed by atoms with Gasteiger partial charge in [0.05, 0.1) is 13.4 Å². The number of ether oxygens (including phenoxy) is 2. The van der Waals surface area contributed by atoms with E-state index in [9.17, 15) is 4.79 Å². The molecule has 0 unspecified atom stereocenters. The van der Waals surface area contributed by atoms with Crippen molar-refractivity contribution < 1.29 is 18.7 Å². The van der Waals surface area contributed by atoms with Crippen molar-refractivity contribution in [2.24, 2.45) is 4.99 Å². The van der Waals surface area contributed by atoms with E-state index >= 15 is 0 Å². The van der Waals surface area contributed by atoms with Crippen molar-refractivity contribution in [3.63, 3.8) is 0 Å². The van der Waals surface area contributed by atoms with Crippen LogP contribution in [-0.2, 0) is 9.53 Å². The number of furan rings is 1. The van der Waals surface area contributed by atoms with E-state index in [1.807, 2.05) is 19.1 Å². The van der Waals surface area contributed by atoms with Crippen LogP contribution in [0.5, 0.6) is 5.75 Å². The molecular formula is C18H13I2NO4. The molecule has 1 aromatic heterocycles. The summed E-state index contributed by atoms with van der Waals surface area (Å²) in [6.07, 6.45) is 3.19. The summed E-state index contributed by atoms with van der Waals surface area (Å²) in [6, 6.07) is 7.25. The van der Waals surface area contributed by atoms with Crippen LogP contribution in [0.1, 0.15) is 18.2 Å². The number of benzene rings is 1. The molecule has 0 bridgehead atoms. The second kappa shape index (κ2) is 7.73. The fraction of sp³-hybridized carbons (Fsp3) is 0.111. The average molecular weight is 561 g/mol. The van der Waals surface area contributed by atoms with Gasteiger partial charge in [0.1, 0.15) is 12.4 Å². The first-order valence-corrected chi connectivity index (χ1v) is 9.42. The van der Waals surface area contributed by atoms with Crippen molar-refractivity contribution in [3.05, 3.63) is 66.8 Å². The van der Waals surface area contributed by atoms with E-state index in [1.54, 1.807) is 18.2 Å². The lowest BCUT2D eigenvalue weighted by Gasteiger charge is -2.11. The van der Waals surface area contributed by atoms with E-state index in [2.05, 4.69) is 56.8 Å². The van der Waals surface area contributed by atoms with E-state index < -0.39 is 5.97 Å². The highest BCUT2D eigenvalue weighted by Crippen LogP contribution is 2.30. The zero-order chi connectivity index (χ0) is 18.0. The summed E-state index contributed by atoms with van der Waals surface area (Å²) in [5.41, 5.74) is 2.02. The molecule has 0 aliphatic carbocycles. The van der Waals surface area contributed by atoms with Crippen LogP contribution in [0.25, 0.3) is 6.08 Å². The summed E-state index contributed by atoms with van der Waals surface area (Å²) in [6.45, 7) is 6.22. The SMILES string of the molecule is C=C(C)COc1c(I)cc(/C=C2\N=C(c3ccco3)OC2=O)cc1I. The van der Waals surface area contributed by atoms with Gasteiger partial charge in [-0.15, -0.1) is 0 Å². The van der Waals surface area contributed by atoms with Gasteiger partial charge in [0.15, 0.2) is 11.5 Å². The molecule has 1 aromatic carbocycles. The topological polar surface area (TPSA) is 61.0 Å². The van der Waals surface area contributed by atoms with Gasteiger partial charge in [-0.3, -0.25) is 0 Å². The van der Waals surface area contributed by atoms with Gasteiger partial charge in [-0.25, -0.2) is 9.79 Å². The molecule has 25 heavy (non-hydrogen) atoms. The number of hydrogen-bond acceptors (Lipinski definition) is 5. The maximum atomic E-state index is 12.0. The van der Waals surface area contributed by atoms with Crippen LogP contribution >= 0.6 is 45.2 Å². The third-order valence-corrected chi connectivity index (χ3v) is 4.74. The highest BCUT2D eigenvalue weighted by molar-refractivity contribution is 14.1. The Hall–Kier alpha value is -1.62. The Labute approximate surface area is 172 Å². The summed E-state index contributed by atoms with van der Waals surface area (Å²) in [7, 11) is 0. The first kappa shape index (κ1) is 18.2. The van der Waals surface area contributed by atoms with E-state index in [0.29, 0.717) is 12.4 Å². The number of halogens is 2. The molecule has 0 N–H and O–H groups in total. The summed E-state index contributed by atoms with van der Waals surface area (Å²) < 4.78 is 18.0. The first-order chi connectivity index (χ1) is 11.9. The van der Waals surface area contributed by atoms with Gasteiger partial charge in [-0.2, -0.15) is 0 Å². The zero-order valence-electron chi connectivity index (χ0n) is 13.2. The molecule has 0 radical (unpaired) electrons. The molecule has 7 heteroatoms. The van der Waals surface area contributed by atoms with Crippen LogP contribution in [0.15, 0.2) is 57.8 Å². The first-order valence-electron chi connectivity index (χ1n) is 7.26. The van der Waals surface area contributed by atoms with Crippen LogP contribution in [0.4, 0.5) is 0 Å². The molecule has 0 atom stereocenters. The average Bonchev–Trinajstić information content (AvgIpc) is 3.16. The number of cyclic esters (lactones) is 1. The number of nitrogens with zero attached hydrogens (tertiary/aromatic N) is 1. The molecule has 0 saturated heterocycles. The molecule has 0 fully saturated rings. The standard InChI is InChI=1S/C18H13I2NO4/c1-10(2)9-24-16-12(19)6-11(7-13(16)20)8-14-18(22)25-17(21-14)15-4-3-5-23-15/h3-8H,1,9H2,2H3/b14-8-. The molecule has 0 spiro atoms. The van der Waals surface area contributed by atoms with Crippen LogP contribution in [-0.4, -0.2) is 18.5 Å². The number of hydrogen-bond donors (Lipinski definition) is 0. The van der Waals surface area contributed by atoms with Crippen molar-refractivity contribution in [3.8, 4) is 5.75 Å². The second-order valence-electron chi connectivity index (χ2n) is 5.37. The predicted molar refractivity (Wildman–Crippen MR) is 111 cm³/mol. The molecule has 0 saturated carbocycles. The van der Waals surface area contributed by atoms with Crippen LogP contribution in [0.3, 0.4) is 0 Å². The maximum absolute atomic E-state index is 12.0. The predicted octanol–water partition coefficient (Wildman–Crippen LogP) is 4.79. The number of rotatable bonds is 5. The van der Waals surface area contributed by atoms with E-state index in [-0.39, 0.29) is 11.6 Å². The maximum Gasteiger partial charge on any atom is 0.363 e. The molecule has 2 aromatic rings. The van der Waals surface area contributed by atoms with Gasteiger partial charge in [-0.1, -0.05) is 6.58 Å². The largest absolute Gasteiger partial charge is 0.487 e. The lowest BCUT2D eigenvalue weighted by atomic mass is 10.2. The summed E-state index contributed by atoms with van der Waals surface area (Å²) in [4.78, 5) is 16.2. The molecule has 0 amide bonds. The van der Waals surface area contributed by atoms with Crippen LogP contribution in [0.2, 0.25) is 0 Å².